The van der Waals surface area contributed by atoms with E-state index >= 15 is 0 Å². The number of allylic oxidation sites excluding steroid dienone is 1. The lowest BCUT2D eigenvalue weighted by atomic mass is 10.1. The summed E-state index contributed by atoms with van der Waals surface area (Å²) < 4.78 is 0. The molecule has 0 aliphatic heterocycles. The predicted octanol–water partition coefficient (Wildman–Crippen LogP) is 1.05. The van der Waals surface area contributed by atoms with Crippen LogP contribution in [0, 0.1) is 0 Å². The summed E-state index contributed by atoms with van der Waals surface area (Å²) in [7, 11) is 0. The average molecular weight is 169 g/mol. The van der Waals surface area contributed by atoms with E-state index in [1.807, 2.05) is 20.8 Å². The van der Waals surface area contributed by atoms with E-state index < -0.39 is 11.7 Å². The second kappa shape index (κ2) is 4.04. The number of carbonyl (C=O) groups excluding carboxylic acids is 2. The number of carbonyl (C=O) groups is 2. The zero-order valence-electron chi connectivity index (χ0n) is 7.97. The Hall–Kier alpha value is -1.12. The van der Waals surface area contributed by atoms with Crippen LogP contribution in [0.1, 0.15) is 27.7 Å². The van der Waals surface area contributed by atoms with Crippen LogP contribution in [-0.4, -0.2) is 17.2 Å². The number of hydrogen-bond donors (Lipinski definition) is 1. The second-order valence-corrected chi connectivity index (χ2v) is 3.57. The molecule has 0 spiro atoms. The normalized spacial score (nSPS) is 11.7. The Morgan fingerprint density at radius 1 is 1.25 bits per heavy atom. The molecule has 1 N–H and O–H groups in total. The van der Waals surface area contributed by atoms with Crippen molar-refractivity contribution in [2.45, 2.75) is 33.2 Å². The molecule has 0 unspecified atom stereocenters. The van der Waals surface area contributed by atoms with Gasteiger partial charge in [-0.2, -0.15) is 0 Å². The molecule has 68 valence electrons. The van der Waals surface area contributed by atoms with Gasteiger partial charge in [0, 0.05) is 5.54 Å². The summed E-state index contributed by atoms with van der Waals surface area (Å²) in [5, 5.41) is 2.56. The van der Waals surface area contributed by atoms with E-state index in [1.54, 1.807) is 13.0 Å². The summed E-state index contributed by atoms with van der Waals surface area (Å²) in [6.07, 6.45) is 2.80. The van der Waals surface area contributed by atoms with Crippen molar-refractivity contribution in [1.29, 1.82) is 0 Å². The largest absolute Gasteiger partial charge is 0.345 e. The molecule has 0 aromatic carbocycles. The Labute approximate surface area is 72.8 Å². The van der Waals surface area contributed by atoms with Crippen LogP contribution in [0.4, 0.5) is 0 Å². The molecule has 0 fully saturated rings. The lowest BCUT2D eigenvalue weighted by molar-refractivity contribution is -0.136. The molecule has 0 bridgehead atoms. The zero-order chi connectivity index (χ0) is 9.78. The molecule has 3 heteroatoms. The Bertz CT molecular complexity index is 211. The van der Waals surface area contributed by atoms with Crippen molar-refractivity contribution in [2.24, 2.45) is 0 Å². The minimum absolute atomic E-state index is 0.353. The summed E-state index contributed by atoms with van der Waals surface area (Å²) in [5.41, 5.74) is -0.353. The van der Waals surface area contributed by atoms with Crippen molar-refractivity contribution in [1.82, 2.24) is 5.32 Å². The SMILES string of the molecule is C/C=C/C(=O)C(=O)NC(C)(C)C. The monoisotopic (exact) mass is 169 g/mol. The molecule has 0 radical (unpaired) electrons. The quantitative estimate of drug-likeness (QED) is 0.496. The highest BCUT2D eigenvalue weighted by Gasteiger charge is 2.17. The molecule has 0 aromatic heterocycles. The van der Waals surface area contributed by atoms with Crippen molar-refractivity contribution in [2.75, 3.05) is 0 Å². The van der Waals surface area contributed by atoms with E-state index in [-0.39, 0.29) is 5.54 Å². The zero-order valence-corrected chi connectivity index (χ0v) is 7.97. The van der Waals surface area contributed by atoms with Crippen molar-refractivity contribution in [3.8, 4) is 0 Å². The van der Waals surface area contributed by atoms with Crippen LogP contribution in [-0.2, 0) is 9.59 Å². The Morgan fingerprint density at radius 2 is 1.75 bits per heavy atom. The van der Waals surface area contributed by atoms with Crippen LogP contribution >= 0.6 is 0 Å². The molecule has 0 atom stereocenters. The summed E-state index contributed by atoms with van der Waals surface area (Å²) in [6.45, 7) is 7.18. The summed E-state index contributed by atoms with van der Waals surface area (Å²) >= 11 is 0. The van der Waals surface area contributed by atoms with Gasteiger partial charge in [-0.15, -0.1) is 0 Å². The van der Waals surface area contributed by atoms with Gasteiger partial charge in [-0.05, 0) is 33.8 Å². The first-order valence-electron chi connectivity index (χ1n) is 3.86. The second-order valence-electron chi connectivity index (χ2n) is 3.57. The number of amides is 1. The maximum Gasteiger partial charge on any atom is 0.292 e. The molecule has 0 rings (SSSR count). The van der Waals surface area contributed by atoms with Crippen molar-refractivity contribution >= 4 is 11.7 Å². The lowest BCUT2D eigenvalue weighted by Crippen LogP contribution is -2.43. The molecular formula is C9H15NO2. The van der Waals surface area contributed by atoms with Gasteiger partial charge >= 0.3 is 0 Å². The minimum Gasteiger partial charge on any atom is -0.345 e. The van der Waals surface area contributed by atoms with Crippen molar-refractivity contribution in [3.05, 3.63) is 12.2 Å². The van der Waals surface area contributed by atoms with E-state index in [2.05, 4.69) is 5.32 Å². The Morgan fingerprint density at radius 3 is 2.08 bits per heavy atom. The highest BCUT2D eigenvalue weighted by atomic mass is 16.2. The first-order chi connectivity index (χ1) is 5.37. The summed E-state index contributed by atoms with van der Waals surface area (Å²) in [4.78, 5) is 22.0. The van der Waals surface area contributed by atoms with Gasteiger partial charge in [0.1, 0.15) is 0 Å². The van der Waals surface area contributed by atoms with Gasteiger partial charge < -0.3 is 5.32 Å². The first-order valence-corrected chi connectivity index (χ1v) is 3.86. The fourth-order valence-corrected chi connectivity index (χ4v) is 0.629. The van der Waals surface area contributed by atoms with Crippen LogP contribution in [0.3, 0.4) is 0 Å². The van der Waals surface area contributed by atoms with E-state index in [0.29, 0.717) is 0 Å². The van der Waals surface area contributed by atoms with Crippen LogP contribution in [0.15, 0.2) is 12.2 Å². The van der Waals surface area contributed by atoms with E-state index in [9.17, 15) is 9.59 Å². The highest BCUT2D eigenvalue weighted by molar-refractivity contribution is 6.40. The fourth-order valence-electron chi connectivity index (χ4n) is 0.629. The maximum atomic E-state index is 11.0. The van der Waals surface area contributed by atoms with Crippen molar-refractivity contribution < 1.29 is 9.59 Å². The molecule has 0 heterocycles. The molecule has 0 saturated carbocycles. The molecule has 0 aliphatic carbocycles. The van der Waals surface area contributed by atoms with Crippen LogP contribution in [0.2, 0.25) is 0 Å². The third kappa shape index (κ3) is 4.66. The smallest absolute Gasteiger partial charge is 0.292 e. The minimum atomic E-state index is -0.555. The van der Waals surface area contributed by atoms with Gasteiger partial charge in [-0.25, -0.2) is 0 Å². The van der Waals surface area contributed by atoms with Gasteiger partial charge in [-0.1, -0.05) is 6.08 Å². The Kier molecular flexibility index (Phi) is 3.67. The van der Waals surface area contributed by atoms with Crippen LogP contribution < -0.4 is 5.32 Å². The fraction of sp³-hybridized carbons (Fsp3) is 0.556. The summed E-state index contributed by atoms with van der Waals surface area (Å²) in [5.74, 6) is -1.06. The molecule has 0 aliphatic rings. The first kappa shape index (κ1) is 10.9. The third-order valence-electron chi connectivity index (χ3n) is 1.03. The molecule has 1 amide bonds. The molecule has 12 heavy (non-hydrogen) atoms. The number of hydrogen-bond acceptors (Lipinski definition) is 2. The third-order valence-corrected chi connectivity index (χ3v) is 1.03. The standard InChI is InChI=1S/C9H15NO2/c1-5-6-7(11)8(12)10-9(2,3)4/h5-6H,1-4H3,(H,10,12)/b6-5+. The number of nitrogens with one attached hydrogen (secondary N) is 1. The molecule has 0 saturated heterocycles. The van der Waals surface area contributed by atoms with Gasteiger partial charge in [0.2, 0.25) is 5.78 Å². The average Bonchev–Trinajstić information content (AvgIpc) is 1.84. The van der Waals surface area contributed by atoms with Crippen LogP contribution in [0.5, 0.6) is 0 Å². The van der Waals surface area contributed by atoms with Gasteiger partial charge in [0.25, 0.3) is 5.91 Å². The van der Waals surface area contributed by atoms with E-state index in [4.69, 9.17) is 0 Å². The molecular weight excluding hydrogens is 154 g/mol. The number of ketones is 1. The lowest BCUT2D eigenvalue weighted by Gasteiger charge is -2.19. The van der Waals surface area contributed by atoms with E-state index in [1.165, 1.54) is 6.08 Å². The van der Waals surface area contributed by atoms with Gasteiger partial charge in [-0.3, -0.25) is 9.59 Å². The van der Waals surface area contributed by atoms with Crippen LogP contribution in [0.25, 0.3) is 0 Å². The highest BCUT2D eigenvalue weighted by Crippen LogP contribution is 1.98. The maximum absolute atomic E-state index is 11.0. The number of rotatable bonds is 2. The predicted molar refractivity (Wildman–Crippen MR) is 47.7 cm³/mol. The van der Waals surface area contributed by atoms with Gasteiger partial charge in [0.15, 0.2) is 0 Å². The Balaban J connectivity index is 4.15. The van der Waals surface area contributed by atoms with E-state index in [0.717, 1.165) is 0 Å². The topological polar surface area (TPSA) is 46.2 Å². The van der Waals surface area contributed by atoms with Crippen molar-refractivity contribution in [3.63, 3.8) is 0 Å². The van der Waals surface area contributed by atoms with Gasteiger partial charge in [0.05, 0.1) is 0 Å². The molecule has 0 aromatic rings. The molecule has 3 nitrogen and oxygen atoms in total. The summed E-state index contributed by atoms with van der Waals surface area (Å²) in [6, 6.07) is 0.